The molecule has 5 nitrogen and oxygen atoms in total. The van der Waals surface area contributed by atoms with Crippen molar-refractivity contribution in [3.8, 4) is 0 Å². The second-order valence-corrected chi connectivity index (χ2v) is 4.16. The minimum absolute atomic E-state index is 0.161. The highest BCUT2D eigenvalue weighted by molar-refractivity contribution is 5.82. The van der Waals surface area contributed by atoms with Crippen LogP contribution >= 0.6 is 0 Å². The quantitative estimate of drug-likeness (QED) is 0.788. The molecular weight excluding hydrogens is 220 g/mol. The summed E-state index contributed by atoms with van der Waals surface area (Å²) >= 11 is 0. The number of nitrogens with zero attached hydrogens (tertiary/aromatic N) is 2. The summed E-state index contributed by atoms with van der Waals surface area (Å²) in [6.07, 6.45) is 0. The van der Waals surface area contributed by atoms with Crippen molar-refractivity contribution < 1.29 is 14.7 Å². The van der Waals surface area contributed by atoms with Crippen LogP contribution in [0.4, 0.5) is 0 Å². The molecule has 0 aromatic heterocycles. The molecule has 17 heavy (non-hydrogen) atoms. The van der Waals surface area contributed by atoms with Crippen molar-refractivity contribution in [1.29, 1.82) is 0 Å². The molecule has 0 spiro atoms. The summed E-state index contributed by atoms with van der Waals surface area (Å²) < 4.78 is 0. The van der Waals surface area contributed by atoms with E-state index in [9.17, 15) is 9.59 Å². The van der Waals surface area contributed by atoms with Gasteiger partial charge >= 0.3 is 5.97 Å². The standard InChI is InChI=1S/C10H18N2O3.C2H6/c1-7(2)11-4-5-12(8(3)13)9(6-11)10(14)15;1-2/h7,9H,4-6H2,1-3H3,(H,14,15);1-2H3. The van der Waals surface area contributed by atoms with Crippen molar-refractivity contribution in [2.24, 2.45) is 0 Å². The second-order valence-electron chi connectivity index (χ2n) is 4.16. The molecule has 1 fully saturated rings. The fourth-order valence-electron chi connectivity index (χ4n) is 1.86. The number of aliphatic carboxylic acids is 1. The molecule has 1 unspecified atom stereocenters. The van der Waals surface area contributed by atoms with Gasteiger partial charge < -0.3 is 10.0 Å². The second kappa shape index (κ2) is 7.27. The number of carboxylic acid groups (broad SMARTS) is 1. The van der Waals surface area contributed by atoms with Gasteiger partial charge in [0.25, 0.3) is 0 Å². The summed E-state index contributed by atoms with van der Waals surface area (Å²) in [7, 11) is 0. The van der Waals surface area contributed by atoms with Crippen LogP contribution in [-0.2, 0) is 9.59 Å². The van der Waals surface area contributed by atoms with Gasteiger partial charge in [-0.3, -0.25) is 9.69 Å². The lowest BCUT2D eigenvalue weighted by molar-refractivity contribution is -0.153. The van der Waals surface area contributed by atoms with Gasteiger partial charge in [0.1, 0.15) is 6.04 Å². The van der Waals surface area contributed by atoms with Gasteiger partial charge in [0, 0.05) is 32.6 Å². The molecule has 0 aromatic rings. The zero-order valence-corrected chi connectivity index (χ0v) is 11.4. The average Bonchev–Trinajstić information content (AvgIpc) is 2.30. The zero-order valence-electron chi connectivity index (χ0n) is 11.4. The maximum Gasteiger partial charge on any atom is 0.327 e. The van der Waals surface area contributed by atoms with Gasteiger partial charge in [-0.15, -0.1) is 0 Å². The lowest BCUT2D eigenvalue weighted by atomic mass is 10.1. The van der Waals surface area contributed by atoms with Crippen LogP contribution in [0.15, 0.2) is 0 Å². The molecule has 0 aliphatic carbocycles. The molecule has 1 aliphatic heterocycles. The molecule has 0 saturated carbocycles. The first kappa shape index (κ1) is 15.9. The molecule has 0 bridgehead atoms. The Morgan fingerprint density at radius 3 is 2.12 bits per heavy atom. The van der Waals surface area contributed by atoms with Crippen LogP contribution in [0.5, 0.6) is 0 Å². The van der Waals surface area contributed by atoms with E-state index < -0.39 is 12.0 Å². The summed E-state index contributed by atoms with van der Waals surface area (Å²) in [5.74, 6) is -1.08. The fraction of sp³-hybridized carbons (Fsp3) is 0.833. The monoisotopic (exact) mass is 244 g/mol. The minimum atomic E-state index is -0.921. The SMILES string of the molecule is CC.CC(=O)N1CCN(C(C)C)CC1C(=O)O. The number of hydrogen-bond donors (Lipinski definition) is 1. The lowest BCUT2D eigenvalue weighted by Gasteiger charge is -2.40. The summed E-state index contributed by atoms with van der Waals surface area (Å²) in [4.78, 5) is 25.8. The maximum atomic E-state index is 11.2. The number of rotatable bonds is 2. The molecule has 5 heteroatoms. The highest BCUT2D eigenvalue weighted by Gasteiger charge is 2.34. The maximum absolute atomic E-state index is 11.2. The highest BCUT2D eigenvalue weighted by Crippen LogP contribution is 2.12. The van der Waals surface area contributed by atoms with Gasteiger partial charge in [0.05, 0.1) is 0 Å². The van der Waals surface area contributed by atoms with Crippen LogP contribution in [0.2, 0.25) is 0 Å². The predicted molar refractivity (Wildman–Crippen MR) is 66.9 cm³/mol. The number of amides is 1. The number of hydrogen-bond acceptors (Lipinski definition) is 3. The highest BCUT2D eigenvalue weighted by atomic mass is 16.4. The number of piperazine rings is 1. The molecule has 1 N–H and O–H groups in total. The lowest BCUT2D eigenvalue weighted by Crippen LogP contribution is -2.59. The van der Waals surface area contributed by atoms with E-state index >= 15 is 0 Å². The van der Waals surface area contributed by atoms with Crippen molar-refractivity contribution in [1.82, 2.24) is 9.80 Å². The molecule has 0 aromatic carbocycles. The summed E-state index contributed by atoms with van der Waals surface area (Å²) in [6.45, 7) is 11.2. The number of carbonyl (C=O) groups excluding carboxylic acids is 1. The Balaban J connectivity index is 0.00000121. The first-order valence-corrected chi connectivity index (χ1v) is 6.17. The molecule has 1 rings (SSSR count). The van der Waals surface area contributed by atoms with E-state index in [1.54, 1.807) is 0 Å². The molecule has 0 radical (unpaired) electrons. The smallest absolute Gasteiger partial charge is 0.327 e. The Kier molecular flexibility index (Phi) is 6.80. The largest absolute Gasteiger partial charge is 0.480 e. The third-order valence-electron chi connectivity index (χ3n) is 2.83. The van der Waals surface area contributed by atoms with E-state index in [-0.39, 0.29) is 5.91 Å². The van der Waals surface area contributed by atoms with Crippen LogP contribution in [0.1, 0.15) is 34.6 Å². The first-order chi connectivity index (χ1) is 7.93. The summed E-state index contributed by atoms with van der Waals surface area (Å²) in [5.41, 5.74) is 0. The Hall–Kier alpha value is -1.10. The van der Waals surface area contributed by atoms with Crippen molar-refractivity contribution in [2.45, 2.75) is 46.7 Å². The topological polar surface area (TPSA) is 60.9 Å². The van der Waals surface area contributed by atoms with Crippen LogP contribution in [0, 0.1) is 0 Å². The molecule has 1 amide bonds. The van der Waals surface area contributed by atoms with Crippen molar-refractivity contribution in [3.63, 3.8) is 0 Å². The molecule has 1 aliphatic rings. The molecule has 1 heterocycles. The van der Waals surface area contributed by atoms with Gasteiger partial charge in [-0.05, 0) is 13.8 Å². The van der Waals surface area contributed by atoms with Crippen LogP contribution < -0.4 is 0 Å². The number of carboxylic acids is 1. The first-order valence-electron chi connectivity index (χ1n) is 6.17. The van der Waals surface area contributed by atoms with Crippen LogP contribution in [0.3, 0.4) is 0 Å². The predicted octanol–water partition coefficient (Wildman–Crippen LogP) is 1.04. The van der Waals surface area contributed by atoms with Gasteiger partial charge in [-0.1, -0.05) is 13.8 Å². The zero-order chi connectivity index (χ0) is 13.6. The van der Waals surface area contributed by atoms with Crippen LogP contribution in [-0.4, -0.2) is 58.5 Å². The minimum Gasteiger partial charge on any atom is -0.480 e. The van der Waals surface area contributed by atoms with E-state index in [1.807, 2.05) is 27.7 Å². The van der Waals surface area contributed by atoms with E-state index in [2.05, 4.69) is 4.90 Å². The third kappa shape index (κ3) is 4.34. The Morgan fingerprint density at radius 2 is 1.76 bits per heavy atom. The van der Waals surface area contributed by atoms with E-state index in [0.717, 1.165) is 6.54 Å². The Bertz CT molecular complexity index is 266. The van der Waals surface area contributed by atoms with E-state index in [0.29, 0.717) is 19.1 Å². The molecule has 100 valence electrons. The van der Waals surface area contributed by atoms with Gasteiger partial charge in [-0.25, -0.2) is 4.79 Å². The molecule has 1 atom stereocenters. The Labute approximate surface area is 103 Å². The van der Waals surface area contributed by atoms with Gasteiger partial charge in [-0.2, -0.15) is 0 Å². The summed E-state index contributed by atoms with van der Waals surface area (Å²) in [6, 6.07) is -0.375. The molecular formula is C12H24N2O3. The fourth-order valence-corrected chi connectivity index (χ4v) is 1.86. The van der Waals surface area contributed by atoms with Crippen molar-refractivity contribution >= 4 is 11.9 Å². The number of carbonyl (C=O) groups is 2. The van der Waals surface area contributed by atoms with Crippen molar-refractivity contribution in [2.75, 3.05) is 19.6 Å². The van der Waals surface area contributed by atoms with Crippen LogP contribution in [0.25, 0.3) is 0 Å². The third-order valence-corrected chi connectivity index (χ3v) is 2.83. The summed E-state index contributed by atoms with van der Waals surface area (Å²) in [5, 5.41) is 9.04. The van der Waals surface area contributed by atoms with E-state index in [1.165, 1.54) is 11.8 Å². The normalized spacial score (nSPS) is 20.8. The Morgan fingerprint density at radius 1 is 1.24 bits per heavy atom. The van der Waals surface area contributed by atoms with Gasteiger partial charge in [0.15, 0.2) is 0 Å². The van der Waals surface area contributed by atoms with E-state index in [4.69, 9.17) is 5.11 Å². The average molecular weight is 244 g/mol. The van der Waals surface area contributed by atoms with Gasteiger partial charge in [0.2, 0.25) is 5.91 Å². The van der Waals surface area contributed by atoms with Crippen molar-refractivity contribution in [3.05, 3.63) is 0 Å². The molecule has 1 saturated heterocycles.